The molecule has 1 heterocycles. The van der Waals surface area contributed by atoms with E-state index in [1.54, 1.807) is 11.3 Å². The van der Waals surface area contributed by atoms with E-state index < -0.39 is 0 Å². The summed E-state index contributed by atoms with van der Waals surface area (Å²) in [4.78, 5) is 6.20. The Morgan fingerprint density at radius 2 is 1.90 bits per heavy atom. The summed E-state index contributed by atoms with van der Waals surface area (Å²) in [7, 11) is 0. The lowest BCUT2D eigenvalue weighted by Crippen LogP contribution is -2.35. The molecule has 4 heteroatoms. The van der Waals surface area contributed by atoms with Crippen molar-refractivity contribution >= 4 is 11.3 Å². The van der Waals surface area contributed by atoms with Crippen LogP contribution in [0, 0.1) is 0 Å². The molecule has 0 radical (unpaired) electrons. The Kier molecular flexibility index (Phi) is 6.62. The van der Waals surface area contributed by atoms with Gasteiger partial charge in [-0.05, 0) is 40.0 Å². The van der Waals surface area contributed by atoms with Gasteiger partial charge in [0.05, 0.1) is 5.69 Å². The zero-order valence-electron chi connectivity index (χ0n) is 14.0. The summed E-state index contributed by atoms with van der Waals surface area (Å²) in [5.41, 5.74) is 1.35. The fourth-order valence-electron chi connectivity index (χ4n) is 2.01. The monoisotopic (exact) mass is 298 g/mol. The lowest BCUT2D eigenvalue weighted by Gasteiger charge is -2.20. The van der Waals surface area contributed by atoms with Crippen molar-refractivity contribution < 1.29 is 4.74 Å². The molecule has 0 aliphatic carbocycles. The Labute approximate surface area is 128 Å². The highest BCUT2D eigenvalue weighted by Crippen LogP contribution is 2.32. The van der Waals surface area contributed by atoms with E-state index in [2.05, 4.69) is 46.9 Å². The van der Waals surface area contributed by atoms with Crippen LogP contribution in [0.3, 0.4) is 0 Å². The van der Waals surface area contributed by atoms with Crippen molar-refractivity contribution in [2.75, 3.05) is 6.61 Å². The number of nitrogens with one attached hydrogen (secondary N) is 1. The van der Waals surface area contributed by atoms with Crippen LogP contribution in [-0.2, 0) is 11.3 Å². The Balaban J connectivity index is 2.95. The van der Waals surface area contributed by atoms with Gasteiger partial charge in [0.25, 0.3) is 0 Å². The number of nitrogens with zero attached hydrogens (tertiary/aromatic N) is 1. The summed E-state index contributed by atoms with van der Waals surface area (Å²) in [6, 6.07) is 0. The minimum Gasteiger partial charge on any atom is -0.371 e. The van der Waals surface area contributed by atoms with Crippen LogP contribution < -0.4 is 5.32 Å². The zero-order valence-corrected chi connectivity index (χ0v) is 14.9. The van der Waals surface area contributed by atoms with Gasteiger partial charge in [0, 0.05) is 23.6 Å². The Morgan fingerprint density at radius 3 is 2.35 bits per heavy atom. The highest BCUT2D eigenvalue weighted by atomic mass is 32.1. The van der Waals surface area contributed by atoms with E-state index in [0.717, 1.165) is 24.6 Å². The van der Waals surface area contributed by atoms with Gasteiger partial charge in [0.1, 0.15) is 11.1 Å². The van der Waals surface area contributed by atoms with Crippen LogP contribution >= 0.6 is 11.3 Å². The van der Waals surface area contributed by atoms with Gasteiger partial charge in [-0.1, -0.05) is 20.8 Å². The standard InChI is InChI=1S/C16H30N2OS/c1-8-12(19-9-2)15-18-14(11(3)4)13(20-15)10-17-16(5,6)7/h11-12,17H,8-10H2,1-7H3. The van der Waals surface area contributed by atoms with E-state index in [1.165, 1.54) is 10.6 Å². The first-order chi connectivity index (χ1) is 9.28. The minimum absolute atomic E-state index is 0.127. The third-order valence-corrected chi connectivity index (χ3v) is 4.25. The summed E-state index contributed by atoms with van der Waals surface area (Å²) >= 11 is 1.80. The first kappa shape index (κ1) is 17.6. The molecule has 1 N–H and O–H groups in total. The molecule has 0 saturated heterocycles. The topological polar surface area (TPSA) is 34.1 Å². The smallest absolute Gasteiger partial charge is 0.122 e. The second-order valence-electron chi connectivity index (χ2n) is 6.47. The first-order valence-corrected chi connectivity index (χ1v) is 8.46. The average molecular weight is 298 g/mol. The molecule has 1 unspecified atom stereocenters. The lowest BCUT2D eigenvalue weighted by molar-refractivity contribution is 0.0595. The Morgan fingerprint density at radius 1 is 1.25 bits per heavy atom. The normalized spacial score (nSPS) is 14.0. The molecule has 1 aromatic heterocycles. The van der Waals surface area contributed by atoms with Crippen LogP contribution in [0.5, 0.6) is 0 Å². The highest BCUT2D eigenvalue weighted by Gasteiger charge is 2.20. The fraction of sp³-hybridized carbons (Fsp3) is 0.812. The van der Waals surface area contributed by atoms with Gasteiger partial charge in [-0.15, -0.1) is 11.3 Å². The first-order valence-electron chi connectivity index (χ1n) is 7.64. The second-order valence-corrected chi connectivity index (χ2v) is 7.59. The number of thiazole rings is 1. The van der Waals surface area contributed by atoms with Crippen LogP contribution in [0.2, 0.25) is 0 Å². The minimum atomic E-state index is 0.127. The van der Waals surface area contributed by atoms with Crippen LogP contribution in [0.25, 0.3) is 0 Å². The quantitative estimate of drug-likeness (QED) is 0.796. The molecule has 0 fully saturated rings. The summed E-state index contributed by atoms with van der Waals surface area (Å²) < 4.78 is 5.80. The zero-order chi connectivity index (χ0) is 15.3. The molecular weight excluding hydrogens is 268 g/mol. The third kappa shape index (κ3) is 5.15. The molecule has 3 nitrogen and oxygen atoms in total. The molecule has 0 bridgehead atoms. The number of aromatic nitrogens is 1. The van der Waals surface area contributed by atoms with Gasteiger partial charge in [-0.25, -0.2) is 4.98 Å². The van der Waals surface area contributed by atoms with Gasteiger partial charge in [0.2, 0.25) is 0 Å². The number of hydrogen-bond acceptors (Lipinski definition) is 4. The van der Waals surface area contributed by atoms with Crippen LogP contribution in [0.4, 0.5) is 0 Å². The summed E-state index contributed by atoms with van der Waals surface area (Å²) in [5, 5.41) is 4.69. The number of hydrogen-bond donors (Lipinski definition) is 1. The van der Waals surface area contributed by atoms with Crippen molar-refractivity contribution in [1.82, 2.24) is 10.3 Å². The molecular formula is C16H30N2OS. The molecule has 1 atom stereocenters. The molecule has 0 aromatic carbocycles. The van der Waals surface area contributed by atoms with Gasteiger partial charge >= 0.3 is 0 Å². The Bertz CT molecular complexity index is 407. The van der Waals surface area contributed by atoms with Gasteiger partial charge in [-0.2, -0.15) is 0 Å². The van der Waals surface area contributed by atoms with E-state index in [4.69, 9.17) is 9.72 Å². The van der Waals surface area contributed by atoms with Crippen molar-refractivity contribution in [2.24, 2.45) is 0 Å². The van der Waals surface area contributed by atoms with Crippen molar-refractivity contribution in [3.8, 4) is 0 Å². The van der Waals surface area contributed by atoms with Crippen molar-refractivity contribution in [3.05, 3.63) is 15.6 Å². The van der Waals surface area contributed by atoms with Crippen molar-refractivity contribution in [2.45, 2.75) is 79.0 Å². The van der Waals surface area contributed by atoms with Crippen LogP contribution in [-0.4, -0.2) is 17.1 Å². The van der Waals surface area contributed by atoms with Gasteiger partial charge in [-0.3, -0.25) is 0 Å². The predicted molar refractivity (Wildman–Crippen MR) is 87.5 cm³/mol. The summed E-state index contributed by atoms with van der Waals surface area (Å²) in [6.07, 6.45) is 1.12. The molecule has 116 valence electrons. The number of ether oxygens (including phenoxy) is 1. The van der Waals surface area contributed by atoms with E-state index in [1.807, 2.05) is 6.92 Å². The second kappa shape index (κ2) is 7.53. The summed E-state index contributed by atoms with van der Waals surface area (Å²) in [5.74, 6) is 0.455. The number of rotatable bonds is 7. The van der Waals surface area contributed by atoms with Crippen LogP contribution in [0.1, 0.15) is 82.5 Å². The highest BCUT2D eigenvalue weighted by molar-refractivity contribution is 7.11. The maximum Gasteiger partial charge on any atom is 0.122 e. The van der Waals surface area contributed by atoms with Crippen molar-refractivity contribution in [1.29, 1.82) is 0 Å². The molecule has 0 amide bonds. The Hall–Kier alpha value is -0.450. The van der Waals surface area contributed by atoms with E-state index in [0.29, 0.717) is 5.92 Å². The molecule has 1 rings (SSSR count). The molecule has 0 spiro atoms. The summed E-state index contributed by atoms with van der Waals surface area (Å²) in [6.45, 7) is 16.8. The fourth-order valence-corrected chi connectivity index (χ4v) is 3.30. The predicted octanol–water partition coefficient (Wildman–Crippen LogP) is 4.64. The third-order valence-electron chi connectivity index (χ3n) is 3.08. The average Bonchev–Trinajstić information content (AvgIpc) is 2.76. The molecule has 0 saturated carbocycles. The maximum atomic E-state index is 5.80. The molecule has 0 aliphatic heterocycles. The molecule has 20 heavy (non-hydrogen) atoms. The SMILES string of the molecule is CCOC(CC)c1nc(C(C)C)c(CNC(C)(C)C)s1. The van der Waals surface area contributed by atoms with E-state index >= 15 is 0 Å². The molecule has 0 aliphatic rings. The van der Waals surface area contributed by atoms with Crippen LogP contribution in [0.15, 0.2) is 0 Å². The molecule has 1 aromatic rings. The van der Waals surface area contributed by atoms with Gasteiger partial charge < -0.3 is 10.1 Å². The van der Waals surface area contributed by atoms with Gasteiger partial charge in [0.15, 0.2) is 0 Å². The van der Waals surface area contributed by atoms with E-state index in [-0.39, 0.29) is 11.6 Å². The van der Waals surface area contributed by atoms with Crippen molar-refractivity contribution in [3.63, 3.8) is 0 Å². The lowest BCUT2D eigenvalue weighted by atomic mass is 10.1. The van der Waals surface area contributed by atoms with E-state index in [9.17, 15) is 0 Å². The largest absolute Gasteiger partial charge is 0.371 e. The maximum absolute atomic E-state index is 5.80.